The number of rotatable bonds is 4. The Hall–Kier alpha value is -1.73. The Labute approximate surface area is 112 Å². The number of benzene rings is 1. The normalized spacial score (nSPS) is 11.5. The predicted molar refractivity (Wildman–Crippen MR) is 70.8 cm³/mol. The maximum Gasteiger partial charge on any atom is 0.244 e. The van der Waals surface area contributed by atoms with Crippen molar-refractivity contribution < 1.29 is 9.53 Å². The van der Waals surface area contributed by atoms with Crippen LogP contribution in [0.3, 0.4) is 0 Å². The van der Waals surface area contributed by atoms with Gasteiger partial charge in [-0.15, -0.1) is 0 Å². The summed E-state index contributed by atoms with van der Waals surface area (Å²) >= 11 is 6.08. The molecule has 1 rings (SSSR count). The third-order valence-electron chi connectivity index (χ3n) is 2.71. The third-order valence-corrected chi connectivity index (χ3v) is 3.01. The van der Waals surface area contributed by atoms with Crippen LogP contribution in [-0.4, -0.2) is 20.1 Å². The molecule has 0 heterocycles. The lowest BCUT2D eigenvalue weighted by Gasteiger charge is -2.21. The summed E-state index contributed by atoms with van der Waals surface area (Å²) in [7, 11) is 3.15. The molecule has 0 aliphatic carbocycles. The smallest absolute Gasteiger partial charge is 0.244 e. The maximum absolute atomic E-state index is 12.0. The van der Waals surface area contributed by atoms with E-state index in [4.69, 9.17) is 21.6 Å². The number of ether oxygens (including phenoxy) is 1. The summed E-state index contributed by atoms with van der Waals surface area (Å²) in [6, 6.07) is 7.04. The standard InChI is InChI=1S/C13H15ClN2O2/c1-4-9(8-15)13(17)16(2)12-6-5-10(18-3)7-11(12)14/h5-7,9H,4H2,1-3H3. The molecule has 5 heteroatoms. The van der Waals surface area contributed by atoms with Crippen molar-refractivity contribution in [1.82, 2.24) is 0 Å². The van der Waals surface area contributed by atoms with E-state index in [1.807, 2.05) is 6.07 Å². The van der Waals surface area contributed by atoms with Crippen molar-refractivity contribution in [2.75, 3.05) is 19.1 Å². The number of hydrogen-bond donors (Lipinski definition) is 0. The molecule has 0 aliphatic rings. The lowest BCUT2D eigenvalue weighted by atomic mass is 10.1. The van der Waals surface area contributed by atoms with Gasteiger partial charge in [0.25, 0.3) is 0 Å². The van der Waals surface area contributed by atoms with E-state index in [2.05, 4.69) is 0 Å². The number of carbonyl (C=O) groups excluding carboxylic acids is 1. The van der Waals surface area contributed by atoms with E-state index < -0.39 is 5.92 Å². The average molecular weight is 267 g/mol. The second-order valence-electron chi connectivity index (χ2n) is 3.80. The number of carbonyl (C=O) groups is 1. The van der Waals surface area contributed by atoms with E-state index >= 15 is 0 Å². The number of amides is 1. The topological polar surface area (TPSA) is 53.3 Å². The van der Waals surface area contributed by atoms with Crippen LogP contribution in [0.4, 0.5) is 5.69 Å². The van der Waals surface area contributed by atoms with Gasteiger partial charge in [-0.05, 0) is 18.6 Å². The monoisotopic (exact) mass is 266 g/mol. The van der Waals surface area contributed by atoms with Crippen LogP contribution in [0.5, 0.6) is 5.75 Å². The summed E-state index contributed by atoms with van der Waals surface area (Å²) in [5.41, 5.74) is 0.566. The molecule has 0 aromatic heterocycles. The van der Waals surface area contributed by atoms with Gasteiger partial charge in [0.1, 0.15) is 11.7 Å². The second-order valence-corrected chi connectivity index (χ2v) is 4.21. The van der Waals surface area contributed by atoms with E-state index in [-0.39, 0.29) is 5.91 Å². The Morgan fingerprint density at radius 2 is 2.28 bits per heavy atom. The molecule has 0 aliphatic heterocycles. The minimum absolute atomic E-state index is 0.257. The van der Waals surface area contributed by atoms with Gasteiger partial charge in [0.15, 0.2) is 0 Å². The summed E-state index contributed by atoms with van der Waals surface area (Å²) in [6.45, 7) is 1.80. The number of methoxy groups -OCH3 is 1. The summed E-state index contributed by atoms with van der Waals surface area (Å²) < 4.78 is 5.04. The zero-order valence-corrected chi connectivity index (χ0v) is 11.4. The second kappa shape index (κ2) is 6.27. The van der Waals surface area contributed by atoms with Crippen molar-refractivity contribution in [2.45, 2.75) is 13.3 Å². The third kappa shape index (κ3) is 2.93. The van der Waals surface area contributed by atoms with Gasteiger partial charge in [-0.2, -0.15) is 5.26 Å². The number of anilines is 1. The first-order chi connectivity index (χ1) is 8.54. The highest BCUT2D eigenvalue weighted by Crippen LogP contribution is 2.30. The molecule has 0 fully saturated rings. The molecule has 4 nitrogen and oxygen atoms in total. The van der Waals surface area contributed by atoms with Crippen LogP contribution in [0, 0.1) is 17.2 Å². The lowest BCUT2D eigenvalue weighted by Crippen LogP contribution is -2.32. The van der Waals surface area contributed by atoms with Crippen molar-refractivity contribution in [3.8, 4) is 11.8 Å². The first kappa shape index (κ1) is 14.3. The summed E-state index contributed by atoms with van der Waals surface area (Å²) in [4.78, 5) is 13.4. The fourth-order valence-corrected chi connectivity index (χ4v) is 1.86. The van der Waals surface area contributed by atoms with Crippen molar-refractivity contribution in [2.24, 2.45) is 5.92 Å². The Balaban J connectivity index is 3.01. The molecule has 0 saturated carbocycles. The van der Waals surface area contributed by atoms with Gasteiger partial charge in [-0.25, -0.2) is 0 Å². The van der Waals surface area contributed by atoms with Crippen molar-refractivity contribution in [1.29, 1.82) is 5.26 Å². The highest BCUT2D eigenvalue weighted by molar-refractivity contribution is 6.34. The van der Waals surface area contributed by atoms with E-state index in [9.17, 15) is 4.79 Å². The van der Waals surface area contributed by atoms with E-state index in [0.29, 0.717) is 22.9 Å². The molecule has 1 amide bonds. The Morgan fingerprint density at radius 3 is 2.72 bits per heavy atom. The van der Waals surface area contributed by atoms with Gasteiger partial charge >= 0.3 is 0 Å². The molecule has 0 spiro atoms. The molecule has 0 bridgehead atoms. The minimum atomic E-state index is -0.645. The zero-order chi connectivity index (χ0) is 13.7. The molecule has 0 saturated heterocycles. The molecule has 96 valence electrons. The Kier molecular flexibility index (Phi) is 4.99. The van der Waals surface area contributed by atoms with Crippen LogP contribution in [0.15, 0.2) is 18.2 Å². The average Bonchev–Trinajstić information content (AvgIpc) is 2.39. The summed E-state index contributed by atoms with van der Waals surface area (Å²) in [5.74, 6) is -0.280. The quantitative estimate of drug-likeness (QED) is 0.842. The van der Waals surface area contributed by atoms with E-state index in [1.165, 1.54) is 4.90 Å². The fraction of sp³-hybridized carbons (Fsp3) is 0.385. The van der Waals surface area contributed by atoms with Gasteiger partial charge in [-0.1, -0.05) is 18.5 Å². The minimum Gasteiger partial charge on any atom is -0.497 e. The number of nitriles is 1. The molecular formula is C13H15ClN2O2. The zero-order valence-electron chi connectivity index (χ0n) is 10.6. The number of halogens is 1. The largest absolute Gasteiger partial charge is 0.497 e. The van der Waals surface area contributed by atoms with Crippen LogP contribution in [-0.2, 0) is 4.79 Å². The molecule has 1 unspecified atom stereocenters. The number of hydrogen-bond acceptors (Lipinski definition) is 3. The highest BCUT2D eigenvalue weighted by atomic mass is 35.5. The summed E-state index contributed by atoms with van der Waals surface area (Å²) in [6.07, 6.45) is 0.480. The molecule has 18 heavy (non-hydrogen) atoms. The highest BCUT2D eigenvalue weighted by Gasteiger charge is 2.22. The van der Waals surface area contributed by atoms with E-state index in [1.54, 1.807) is 39.3 Å². The van der Waals surface area contributed by atoms with Crippen LogP contribution in [0.25, 0.3) is 0 Å². The van der Waals surface area contributed by atoms with Gasteiger partial charge in [0.05, 0.1) is 23.9 Å². The SMILES string of the molecule is CCC(C#N)C(=O)N(C)c1ccc(OC)cc1Cl. The summed E-state index contributed by atoms with van der Waals surface area (Å²) in [5, 5.41) is 9.31. The van der Waals surface area contributed by atoms with E-state index in [0.717, 1.165) is 0 Å². The Bertz CT molecular complexity index is 482. The van der Waals surface area contributed by atoms with Crippen molar-refractivity contribution in [3.05, 3.63) is 23.2 Å². The number of nitrogens with zero attached hydrogens (tertiary/aromatic N) is 2. The Morgan fingerprint density at radius 1 is 1.61 bits per heavy atom. The van der Waals surface area contributed by atoms with Gasteiger partial charge in [-0.3, -0.25) is 4.79 Å². The molecule has 1 aromatic rings. The van der Waals surface area contributed by atoms with Crippen LogP contribution < -0.4 is 9.64 Å². The van der Waals surface area contributed by atoms with Gasteiger partial charge in [0, 0.05) is 13.1 Å². The fourth-order valence-electron chi connectivity index (χ4n) is 1.56. The van der Waals surface area contributed by atoms with Crippen molar-refractivity contribution >= 4 is 23.2 Å². The molecule has 0 N–H and O–H groups in total. The molecule has 1 aromatic carbocycles. The van der Waals surface area contributed by atoms with Gasteiger partial charge < -0.3 is 9.64 Å². The van der Waals surface area contributed by atoms with Crippen LogP contribution >= 0.6 is 11.6 Å². The van der Waals surface area contributed by atoms with Crippen LogP contribution in [0.1, 0.15) is 13.3 Å². The molecule has 0 radical (unpaired) electrons. The lowest BCUT2D eigenvalue weighted by molar-refractivity contribution is -0.120. The molecular weight excluding hydrogens is 252 g/mol. The van der Waals surface area contributed by atoms with Gasteiger partial charge in [0.2, 0.25) is 5.91 Å². The first-order valence-corrected chi connectivity index (χ1v) is 5.93. The van der Waals surface area contributed by atoms with Crippen LogP contribution in [0.2, 0.25) is 5.02 Å². The maximum atomic E-state index is 12.0. The predicted octanol–water partition coefficient (Wildman–Crippen LogP) is 2.86. The molecule has 1 atom stereocenters. The first-order valence-electron chi connectivity index (χ1n) is 5.55. The van der Waals surface area contributed by atoms with Crippen molar-refractivity contribution in [3.63, 3.8) is 0 Å².